The lowest BCUT2D eigenvalue weighted by Gasteiger charge is -1.95. The second-order valence-corrected chi connectivity index (χ2v) is 5.39. The summed E-state index contributed by atoms with van der Waals surface area (Å²) in [5, 5.41) is 7.31. The molecule has 0 saturated carbocycles. The number of amides is 1. The van der Waals surface area contributed by atoms with Crippen molar-refractivity contribution in [2.75, 3.05) is 5.32 Å². The topological polar surface area (TPSA) is 68.0 Å². The van der Waals surface area contributed by atoms with Gasteiger partial charge in [0.2, 0.25) is 5.76 Å². The second kappa shape index (κ2) is 4.64. The summed E-state index contributed by atoms with van der Waals surface area (Å²) >= 11 is 7.35. The molecule has 0 unspecified atom stereocenters. The molecule has 1 N–H and O–H groups in total. The van der Waals surface area contributed by atoms with Crippen LogP contribution in [0.5, 0.6) is 0 Å². The summed E-state index contributed by atoms with van der Waals surface area (Å²) in [5.74, 6) is -0.227. The van der Waals surface area contributed by atoms with Crippen molar-refractivity contribution in [1.82, 2.24) is 10.1 Å². The Morgan fingerprint density at radius 3 is 3.05 bits per heavy atom. The first-order valence-electron chi connectivity index (χ1n) is 5.42. The molecule has 0 aliphatic carbocycles. The lowest BCUT2D eigenvalue weighted by Crippen LogP contribution is -2.10. The molecule has 96 valence electrons. The number of nitrogens with zero attached hydrogens (tertiary/aromatic N) is 2. The number of carbonyl (C=O) groups is 1. The van der Waals surface area contributed by atoms with Gasteiger partial charge >= 0.3 is 0 Å². The summed E-state index contributed by atoms with van der Waals surface area (Å²) in [4.78, 5) is 16.2. The molecule has 5 nitrogen and oxygen atoms in total. The van der Waals surface area contributed by atoms with Crippen LogP contribution >= 0.6 is 22.9 Å². The maximum atomic E-state index is 11.8. The fourth-order valence-corrected chi connectivity index (χ4v) is 3.02. The largest absolute Gasteiger partial charge is 0.351 e. The van der Waals surface area contributed by atoms with E-state index in [0.717, 1.165) is 15.8 Å². The SMILES string of the molecule is Cc1cc(Cl)cc2sc(NC(=O)c3ccno3)nc12. The van der Waals surface area contributed by atoms with Gasteiger partial charge in [-0.2, -0.15) is 0 Å². The smallest absolute Gasteiger partial charge is 0.296 e. The average molecular weight is 294 g/mol. The van der Waals surface area contributed by atoms with Crippen LogP contribution in [-0.2, 0) is 0 Å². The van der Waals surface area contributed by atoms with Crippen molar-refractivity contribution in [3.8, 4) is 0 Å². The number of aromatic nitrogens is 2. The molecule has 0 spiro atoms. The van der Waals surface area contributed by atoms with E-state index in [1.54, 1.807) is 0 Å². The molecule has 0 bridgehead atoms. The molecule has 0 fully saturated rings. The van der Waals surface area contributed by atoms with Crippen molar-refractivity contribution in [3.05, 3.63) is 40.7 Å². The van der Waals surface area contributed by atoms with Gasteiger partial charge in [0.25, 0.3) is 5.91 Å². The summed E-state index contributed by atoms with van der Waals surface area (Å²) in [5.41, 5.74) is 1.81. The summed E-state index contributed by atoms with van der Waals surface area (Å²) in [6.07, 6.45) is 1.41. The van der Waals surface area contributed by atoms with Crippen LogP contribution in [0.2, 0.25) is 5.02 Å². The van der Waals surface area contributed by atoms with Crippen molar-refractivity contribution in [2.45, 2.75) is 6.92 Å². The highest BCUT2D eigenvalue weighted by Crippen LogP contribution is 2.31. The Labute approximate surface area is 117 Å². The minimum Gasteiger partial charge on any atom is -0.351 e. The van der Waals surface area contributed by atoms with E-state index in [4.69, 9.17) is 16.1 Å². The highest BCUT2D eigenvalue weighted by molar-refractivity contribution is 7.22. The van der Waals surface area contributed by atoms with E-state index in [9.17, 15) is 4.79 Å². The van der Waals surface area contributed by atoms with E-state index >= 15 is 0 Å². The van der Waals surface area contributed by atoms with Crippen LogP contribution in [0.25, 0.3) is 10.2 Å². The molecular formula is C12H8ClN3O2S. The van der Waals surface area contributed by atoms with Crippen LogP contribution in [0.3, 0.4) is 0 Å². The van der Waals surface area contributed by atoms with E-state index in [2.05, 4.69) is 15.5 Å². The van der Waals surface area contributed by atoms with Gasteiger partial charge in [0.1, 0.15) is 0 Å². The highest BCUT2D eigenvalue weighted by Gasteiger charge is 2.13. The fourth-order valence-electron chi connectivity index (χ4n) is 1.70. The Hall–Kier alpha value is -1.92. The molecule has 7 heteroatoms. The van der Waals surface area contributed by atoms with Crippen LogP contribution < -0.4 is 5.32 Å². The number of anilines is 1. The Morgan fingerprint density at radius 2 is 2.32 bits per heavy atom. The minimum absolute atomic E-state index is 0.147. The third-order valence-electron chi connectivity index (χ3n) is 2.53. The first-order chi connectivity index (χ1) is 9.13. The molecule has 2 aromatic heterocycles. The summed E-state index contributed by atoms with van der Waals surface area (Å²) in [6.45, 7) is 1.93. The zero-order valence-corrected chi connectivity index (χ0v) is 11.4. The first kappa shape index (κ1) is 12.1. The Kier molecular flexibility index (Phi) is 2.96. The number of thiazole rings is 1. The highest BCUT2D eigenvalue weighted by atomic mass is 35.5. The maximum Gasteiger partial charge on any atom is 0.296 e. The molecule has 3 rings (SSSR count). The van der Waals surface area contributed by atoms with Gasteiger partial charge in [-0.25, -0.2) is 4.98 Å². The Morgan fingerprint density at radius 1 is 1.47 bits per heavy atom. The fraction of sp³-hybridized carbons (Fsp3) is 0.0833. The lowest BCUT2D eigenvalue weighted by molar-refractivity contribution is 0.0988. The predicted octanol–water partition coefficient (Wildman–Crippen LogP) is 3.50. The molecule has 1 amide bonds. The van der Waals surface area contributed by atoms with E-state index in [0.29, 0.717) is 10.2 Å². The molecule has 0 radical (unpaired) electrons. The zero-order valence-electron chi connectivity index (χ0n) is 9.81. The molecule has 0 aliphatic rings. The molecule has 3 aromatic rings. The number of hydrogen-bond donors (Lipinski definition) is 1. The maximum absolute atomic E-state index is 11.8. The molecule has 0 aliphatic heterocycles. The van der Waals surface area contributed by atoms with Gasteiger partial charge in [0.05, 0.1) is 16.4 Å². The van der Waals surface area contributed by atoms with E-state index in [1.165, 1.54) is 23.6 Å². The van der Waals surface area contributed by atoms with Crippen LogP contribution in [0.4, 0.5) is 5.13 Å². The second-order valence-electron chi connectivity index (χ2n) is 3.92. The number of carbonyl (C=O) groups excluding carboxylic acids is 1. The molecule has 2 heterocycles. The summed E-state index contributed by atoms with van der Waals surface area (Å²) < 4.78 is 5.71. The minimum atomic E-state index is -0.375. The van der Waals surface area contributed by atoms with Gasteiger partial charge in [-0.1, -0.05) is 28.1 Å². The van der Waals surface area contributed by atoms with Crippen molar-refractivity contribution in [1.29, 1.82) is 0 Å². The number of halogens is 1. The molecule has 1 aromatic carbocycles. The number of hydrogen-bond acceptors (Lipinski definition) is 5. The van der Waals surface area contributed by atoms with E-state index < -0.39 is 0 Å². The van der Waals surface area contributed by atoms with Crippen molar-refractivity contribution in [2.24, 2.45) is 0 Å². The molecule has 0 saturated heterocycles. The van der Waals surface area contributed by atoms with Crippen molar-refractivity contribution >= 4 is 44.2 Å². The number of rotatable bonds is 2. The zero-order chi connectivity index (χ0) is 13.4. The van der Waals surface area contributed by atoms with Crippen molar-refractivity contribution < 1.29 is 9.32 Å². The first-order valence-corrected chi connectivity index (χ1v) is 6.61. The molecule has 19 heavy (non-hydrogen) atoms. The van der Waals surface area contributed by atoms with Crippen molar-refractivity contribution in [3.63, 3.8) is 0 Å². The molecular weight excluding hydrogens is 286 g/mol. The van der Waals surface area contributed by atoms with Gasteiger partial charge in [0, 0.05) is 11.1 Å². The third kappa shape index (κ3) is 2.32. The van der Waals surface area contributed by atoms with Crippen LogP contribution in [0, 0.1) is 6.92 Å². The number of benzene rings is 1. The normalized spacial score (nSPS) is 10.8. The van der Waals surface area contributed by atoms with Gasteiger partial charge in [0.15, 0.2) is 5.13 Å². The average Bonchev–Trinajstić information content (AvgIpc) is 2.96. The summed E-state index contributed by atoms with van der Waals surface area (Å²) in [7, 11) is 0. The van der Waals surface area contributed by atoms with E-state index in [1.807, 2.05) is 19.1 Å². The van der Waals surface area contributed by atoms with E-state index in [-0.39, 0.29) is 11.7 Å². The number of aryl methyl sites for hydroxylation is 1. The van der Waals surface area contributed by atoms with Crippen LogP contribution in [0.15, 0.2) is 28.9 Å². The van der Waals surface area contributed by atoms with Crippen LogP contribution in [-0.4, -0.2) is 16.0 Å². The quantitative estimate of drug-likeness (QED) is 0.785. The van der Waals surface area contributed by atoms with Gasteiger partial charge in [-0.05, 0) is 24.6 Å². The van der Waals surface area contributed by atoms with Gasteiger partial charge in [-0.3, -0.25) is 10.1 Å². The predicted molar refractivity (Wildman–Crippen MR) is 73.8 cm³/mol. The third-order valence-corrected chi connectivity index (χ3v) is 3.67. The summed E-state index contributed by atoms with van der Waals surface area (Å²) in [6, 6.07) is 5.15. The Bertz CT molecular complexity index is 752. The standard InChI is InChI=1S/C12H8ClN3O2S/c1-6-4-7(13)5-9-10(6)15-12(19-9)16-11(17)8-2-3-14-18-8/h2-5H,1H3,(H,15,16,17). The lowest BCUT2D eigenvalue weighted by atomic mass is 10.2. The number of fused-ring (bicyclic) bond motifs is 1. The Balaban J connectivity index is 1.94. The monoisotopic (exact) mass is 293 g/mol. The molecule has 0 atom stereocenters. The van der Waals surface area contributed by atoms with Crippen LogP contribution in [0.1, 0.15) is 16.1 Å². The van der Waals surface area contributed by atoms with Gasteiger partial charge in [-0.15, -0.1) is 0 Å². The van der Waals surface area contributed by atoms with Gasteiger partial charge < -0.3 is 4.52 Å². The number of nitrogens with one attached hydrogen (secondary N) is 1.